The van der Waals surface area contributed by atoms with Crippen LogP contribution in [0.1, 0.15) is 12.5 Å². The molecule has 160 valence electrons. The number of methoxy groups -OCH3 is 1. The van der Waals surface area contributed by atoms with Crippen LogP contribution in [0.15, 0.2) is 70.8 Å². The fourth-order valence-corrected chi connectivity index (χ4v) is 4.83. The minimum Gasteiger partial charge on any atom is -0.496 e. The highest BCUT2D eigenvalue weighted by atomic mass is 32.2. The van der Waals surface area contributed by atoms with Crippen molar-refractivity contribution in [3.8, 4) is 5.75 Å². The standard InChI is InChI=1S/C23H25N5OS2/c1-4-26-21-20(27(23(26)30)18-13-6-5-7-14-18)25-22(31-3)28(21)24-16-10-12-17-11-8-9-15-19(17)29-2/h5-16,20-21H,4H2,1-3H3/b12-10+,24-16+. The summed E-state index contributed by atoms with van der Waals surface area (Å²) in [6.45, 7) is 2.89. The largest absolute Gasteiger partial charge is 0.496 e. The number of nitrogens with zero attached hydrogens (tertiary/aromatic N) is 5. The number of hydrazone groups is 1. The number of allylic oxidation sites excluding steroid dienone is 1. The number of para-hydroxylation sites is 2. The molecule has 0 bridgehead atoms. The summed E-state index contributed by atoms with van der Waals surface area (Å²) in [4.78, 5) is 9.27. The topological polar surface area (TPSA) is 43.7 Å². The van der Waals surface area contributed by atoms with Crippen LogP contribution in [0.5, 0.6) is 5.75 Å². The molecule has 0 radical (unpaired) electrons. The maximum Gasteiger partial charge on any atom is 0.183 e. The van der Waals surface area contributed by atoms with Crippen molar-refractivity contribution in [3.63, 3.8) is 0 Å². The van der Waals surface area contributed by atoms with E-state index >= 15 is 0 Å². The third-order valence-corrected chi connectivity index (χ3v) is 6.33. The average molecular weight is 452 g/mol. The summed E-state index contributed by atoms with van der Waals surface area (Å²) in [7, 11) is 1.67. The molecule has 1 fully saturated rings. The number of benzene rings is 2. The molecule has 31 heavy (non-hydrogen) atoms. The first-order valence-corrected chi connectivity index (χ1v) is 11.7. The molecule has 6 nitrogen and oxygen atoms in total. The van der Waals surface area contributed by atoms with E-state index < -0.39 is 0 Å². The van der Waals surface area contributed by atoms with E-state index in [9.17, 15) is 0 Å². The Morgan fingerprint density at radius 1 is 1.16 bits per heavy atom. The Kier molecular flexibility index (Phi) is 6.58. The number of rotatable bonds is 6. The summed E-state index contributed by atoms with van der Waals surface area (Å²) in [5.41, 5.74) is 2.05. The second-order valence-electron chi connectivity index (χ2n) is 6.93. The highest BCUT2D eigenvalue weighted by Crippen LogP contribution is 2.37. The molecule has 0 aromatic heterocycles. The molecule has 0 N–H and O–H groups in total. The van der Waals surface area contributed by atoms with Crippen molar-refractivity contribution in [2.24, 2.45) is 10.1 Å². The Bertz CT molecular complexity index is 1020. The van der Waals surface area contributed by atoms with E-state index in [0.29, 0.717) is 0 Å². The van der Waals surface area contributed by atoms with Crippen molar-refractivity contribution >= 4 is 52.2 Å². The van der Waals surface area contributed by atoms with Crippen LogP contribution in [-0.4, -0.2) is 58.6 Å². The van der Waals surface area contributed by atoms with Gasteiger partial charge in [0.25, 0.3) is 0 Å². The van der Waals surface area contributed by atoms with Crippen LogP contribution in [0.2, 0.25) is 0 Å². The molecule has 1 saturated heterocycles. The normalized spacial score (nSPS) is 20.8. The van der Waals surface area contributed by atoms with Gasteiger partial charge in [0, 0.05) is 24.0 Å². The molecular formula is C23H25N5OS2. The molecule has 2 aromatic carbocycles. The summed E-state index contributed by atoms with van der Waals surface area (Å²) < 4.78 is 5.41. The van der Waals surface area contributed by atoms with Gasteiger partial charge in [0.2, 0.25) is 0 Å². The zero-order valence-electron chi connectivity index (χ0n) is 17.8. The van der Waals surface area contributed by atoms with Crippen LogP contribution in [0.25, 0.3) is 6.08 Å². The maximum absolute atomic E-state index is 5.82. The number of thioether (sulfide) groups is 1. The predicted octanol–water partition coefficient (Wildman–Crippen LogP) is 4.51. The summed E-state index contributed by atoms with van der Waals surface area (Å²) in [6.07, 6.45) is 7.52. The van der Waals surface area contributed by atoms with Gasteiger partial charge in [-0.2, -0.15) is 5.10 Å². The number of hydrogen-bond acceptors (Lipinski definition) is 6. The highest BCUT2D eigenvalue weighted by molar-refractivity contribution is 8.13. The van der Waals surface area contributed by atoms with E-state index in [1.165, 1.54) is 0 Å². The van der Waals surface area contributed by atoms with E-state index in [1.807, 2.05) is 65.9 Å². The molecule has 8 heteroatoms. The summed E-state index contributed by atoms with van der Waals surface area (Å²) in [6, 6.07) is 18.1. The molecule has 4 rings (SSSR count). The Hall–Kier alpha value is -2.84. The Balaban J connectivity index is 1.60. The quantitative estimate of drug-likeness (QED) is 0.476. The molecule has 2 heterocycles. The van der Waals surface area contributed by atoms with Crippen molar-refractivity contribution in [2.45, 2.75) is 19.3 Å². The van der Waals surface area contributed by atoms with Gasteiger partial charge >= 0.3 is 0 Å². The van der Waals surface area contributed by atoms with Gasteiger partial charge in [0.15, 0.2) is 22.6 Å². The average Bonchev–Trinajstić information content (AvgIpc) is 3.29. The third-order valence-electron chi connectivity index (χ3n) is 5.24. The lowest BCUT2D eigenvalue weighted by Gasteiger charge is -2.28. The Morgan fingerprint density at radius 3 is 2.61 bits per heavy atom. The summed E-state index contributed by atoms with van der Waals surface area (Å²) >= 11 is 7.41. The minimum absolute atomic E-state index is 0.0731. The van der Waals surface area contributed by atoms with Gasteiger partial charge in [0.05, 0.1) is 7.11 Å². The lowest BCUT2D eigenvalue weighted by Crippen LogP contribution is -2.45. The van der Waals surface area contributed by atoms with Gasteiger partial charge in [-0.3, -0.25) is 4.90 Å². The molecular weight excluding hydrogens is 426 g/mol. The highest BCUT2D eigenvalue weighted by Gasteiger charge is 2.51. The van der Waals surface area contributed by atoms with Crippen molar-refractivity contribution in [3.05, 3.63) is 66.2 Å². The van der Waals surface area contributed by atoms with Crippen molar-refractivity contribution in [2.75, 3.05) is 24.8 Å². The summed E-state index contributed by atoms with van der Waals surface area (Å²) in [5.74, 6) is 0.830. The van der Waals surface area contributed by atoms with Gasteiger partial charge in [-0.1, -0.05) is 48.2 Å². The first-order valence-electron chi connectivity index (χ1n) is 10.1. The van der Waals surface area contributed by atoms with E-state index in [1.54, 1.807) is 25.1 Å². The first kappa shape index (κ1) is 21.4. The Morgan fingerprint density at radius 2 is 1.90 bits per heavy atom. The van der Waals surface area contributed by atoms with Gasteiger partial charge < -0.3 is 9.64 Å². The lowest BCUT2D eigenvalue weighted by molar-refractivity contribution is 0.194. The fraction of sp³-hybridized carbons (Fsp3) is 0.261. The first-order chi connectivity index (χ1) is 15.2. The number of thiocarbonyl (C=S) groups is 1. The van der Waals surface area contributed by atoms with E-state index in [-0.39, 0.29) is 12.3 Å². The van der Waals surface area contributed by atoms with Crippen LogP contribution in [-0.2, 0) is 0 Å². The third kappa shape index (κ3) is 4.05. The Labute approximate surface area is 192 Å². The van der Waals surface area contributed by atoms with E-state index in [2.05, 4.69) is 28.9 Å². The molecule has 2 atom stereocenters. The van der Waals surface area contributed by atoms with Crippen molar-refractivity contribution < 1.29 is 4.74 Å². The number of ether oxygens (including phenoxy) is 1. The number of fused-ring (bicyclic) bond motifs is 1. The van der Waals surface area contributed by atoms with Crippen LogP contribution < -0.4 is 9.64 Å². The number of anilines is 1. The molecule has 0 saturated carbocycles. The van der Waals surface area contributed by atoms with Gasteiger partial charge in [-0.15, -0.1) is 0 Å². The maximum atomic E-state index is 5.82. The molecule has 0 aliphatic carbocycles. The minimum atomic E-state index is -0.132. The van der Waals surface area contributed by atoms with Crippen molar-refractivity contribution in [1.29, 1.82) is 0 Å². The number of aliphatic imine (C=N–C) groups is 1. The van der Waals surface area contributed by atoms with Crippen molar-refractivity contribution in [1.82, 2.24) is 9.91 Å². The molecule has 2 aliphatic rings. The molecule has 2 aromatic rings. The van der Waals surface area contributed by atoms with Gasteiger partial charge in [0.1, 0.15) is 5.75 Å². The molecule has 2 unspecified atom stereocenters. The smallest absolute Gasteiger partial charge is 0.183 e. The van der Waals surface area contributed by atoms with Gasteiger partial charge in [-0.25, -0.2) is 10.0 Å². The zero-order chi connectivity index (χ0) is 21.8. The number of amidine groups is 1. The second-order valence-corrected chi connectivity index (χ2v) is 8.07. The number of hydrogen-bond donors (Lipinski definition) is 0. The fourth-order valence-electron chi connectivity index (χ4n) is 3.83. The molecule has 0 spiro atoms. The van der Waals surface area contributed by atoms with Gasteiger partial charge in [-0.05, 0) is 55.7 Å². The zero-order valence-corrected chi connectivity index (χ0v) is 19.4. The molecule has 2 aliphatic heterocycles. The number of likely N-dealkylation sites (N-methyl/N-ethyl adjacent to an activating group) is 1. The SMILES string of the molecule is CCN1C(=S)N(c2ccccc2)C2N=C(SC)N(/N=C/C=C/c3ccccc3OC)C21. The second kappa shape index (κ2) is 9.53. The van der Waals surface area contributed by atoms with E-state index in [0.717, 1.165) is 33.8 Å². The van der Waals surface area contributed by atoms with Crippen LogP contribution in [0.4, 0.5) is 5.69 Å². The lowest BCUT2D eigenvalue weighted by atomic mass is 10.2. The molecule has 0 amide bonds. The van der Waals surface area contributed by atoms with E-state index in [4.69, 9.17) is 27.0 Å². The predicted molar refractivity (Wildman–Crippen MR) is 135 cm³/mol. The van der Waals surface area contributed by atoms with Crippen LogP contribution >= 0.6 is 24.0 Å². The monoisotopic (exact) mass is 451 g/mol. The van der Waals surface area contributed by atoms with Crippen LogP contribution in [0.3, 0.4) is 0 Å². The van der Waals surface area contributed by atoms with Crippen LogP contribution in [0, 0.1) is 0 Å². The summed E-state index contributed by atoms with van der Waals surface area (Å²) in [5, 5.41) is 8.37.